The van der Waals surface area contributed by atoms with Gasteiger partial charge in [0.05, 0.1) is 6.54 Å². The third kappa shape index (κ3) is 2.43. The van der Waals surface area contributed by atoms with E-state index in [9.17, 15) is 9.59 Å². The molecule has 1 aliphatic rings. The Balaban J connectivity index is 2.16. The molecule has 0 aliphatic carbocycles. The van der Waals surface area contributed by atoms with Gasteiger partial charge in [0, 0.05) is 18.9 Å². The second-order valence-corrected chi connectivity index (χ2v) is 4.02. The fourth-order valence-corrected chi connectivity index (χ4v) is 1.99. The maximum absolute atomic E-state index is 11.8. The second-order valence-electron chi connectivity index (χ2n) is 4.02. The van der Waals surface area contributed by atoms with Crippen LogP contribution >= 0.6 is 0 Å². The highest BCUT2D eigenvalue weighted by Crippen LogP contribution is 2.13. The van der Waals surface area contributed by atoms with Crippen LogP contribution in [0.5, 0.6) is 0 Å². The lowest BCUT2D eigenvalue weighted by Gasteiger charge is -2.34. The Hall–Kier alpha value is -1.91. The summed E-state index contributed by atoms with van der Waals surface area (Å²) in [7, 11) is 0. The number of carbonyl (C=O) groups excluding carboxylic acids is 2. The van der Waals surface area contributed by atoms with E-state index >= 15 is 0 Å². The molecule has 0 spiro atoms. The van der Waals surface area contributed by atoms with Crippen molar-refractivity contribution in [3.63, 3.8) is 0 Å². The molecule has 0 saturated carbocycles. The first kappa shape index (κ1) is 11.6. The van der Waals surface area contributed by atoms with Crippen molar-refractivity contribution in [2.45, 2.75) is 25.9 Å². The molecule has 5 nitrogen and oxygen atoms in total. The molecule has 0 radical (unpaired) electrons. The van der Waals surface area contributed by atoms with Gasteiger partial charge in [-0.05, 0) is 18.1 Å². The summed E-state index contributed by atoms with van der Waals surface area (Å²) in [5.74, 6) is -0.115. The molecular formula is C12H15N3O2. The lowest BCUT2D eigenvalue weighted by Crippen LogP contribution is -2.57. The van der Waals surface area contributed by atoms with Gasteiger partial charge in [-0.2, -0.15) is 0 Å². The fourth-order valence-electron chi connectivity index (χ4n) is 1.99. The quantitative estimate of drug-likeness (QED) is 0.817. The molecule has 90 valence electrons. The fraction of sp³-hybridized carbons (Fsp3) is 0.417. The molecule has 1 aliphatic heterocycles. The van der Waals surface area contributed by atoms with Crippen molar-refractivity contribution in [1.82, 2.24) is 15.2 Å². The molecule has 1 fully saturated rings. The summed E-state index contributed by atoms with van der Waals surface area (Å²) in [5.41, 5.74) is 0.939. The number of piperazine rings is 1. The minimum Gasteiger partial charge on any atom is -0.345 e. The van der Waals surface area contributed by atoms with Crippen molar-refractivity contribution in [3.8, 4) is 0 Å². The van der Waals surface area contributed by atoms with E-state index in [1.165, 1.54) is 0 Å². The molecule has 1 N–H and O–H groups in total. The van der Waals surface area contributed by atoms with Crippen LogP contribution in [0.3, 0.4) is 0 Å². The summed E-state index contributed by atoms with van der Waals surface area (Å²) in [5, 5.41) is 2.60. The van der Waals surface area contributed by atoms with Crippen LogP contribution in [0.4, 0.5) is 0 Å². The topological polar surface area (TPSA) is 62.3 Å². The number of nitrogens with zero attached hydrogens (tertiary/aromatic N) is 2. The number of aromatic nitrogens is 1. The summed E-state index contributed by atoms with van der Waals surface area (Å²) in [4.78, 5) is 29.1. The van der Waals surface area contributed by atoms with Crippen LogP contribution in [0.1, 0.15) is 18.9 Å². The van der Waals surface area contributed by atoms with Crippen LogP contribution in [-0.4, -0.2) is 34.3 Å². The third-order valence-corrected chi connectivity index (χ3v) is 2.88. The normalized spacial score (nSPS) is 20.3. The van der Waals surface area contributed by atoms with E-state index in [-0.39, 0.29) is 24.4 Å². The van der Waals surface area contributed by atoms with Crippen LogP contribution in [0.2, 0.25) is 0 Å². The van der Waals surface area contributed by atoms with Crippen LogP contribution in [0.25, 0.3) is 0 Å². The van der Waals surface area contributed by atoms with Gasteiger partial charge in [0.15, 0.2) is 0 Å². The lowest BCUT2D eigenvalue weighted by atomic mass is 10.1. The molecule has 2 amide bonds. The van der Waals surface area contributed by atoms with E-state index in [4.69, 9.17) is 0 Å². The number of rotatable bonds is 3. The first-order chi connectivity index (χ1) is 8.22. The maximum Gasteiger partial charge on any atom is 0.243 e. The lowest BCUT2D eigenvalue weighted by molar-refractivity contribution is -0.146. The number of carbonyl (C=O) groups is 2. The predicted molar refractivity (Wildman–Crippen MR) is 61.9 cm³/mol. The number of pyridine rings is 1. The number of hydrogen-bond acceptors (Lipinski definition) is 3. The smallest absolute Gasteiger partial charge is 0.243 e. The molecule has 0 bridgehead atoms. The van der Waals surface area contributed by atoms with Gasteiger partial charge >= 0.3 is 0 Å². The largest absolute Gasteiger partial charge is 0.345 e. The molecule has 0 aromatic carbocycles. The maximum atomic E-state index is 11.8. The molecule has 2 rings (SSSR count). The van der Waals surface area contributed by atoms with E-state index in [0.29, 0.717) is 13.0 Å². The van der Waals surface area contributed by atoms with Gasteiger partial charge in [-0.15, -0.1) is 0 Å². The number of amides is 2. The van der Waals surface area contributed by atoms with Crippen molar-refractivity contribution >= 4 is 11.8 Å². The Kier molecular flexibility index (Phi) is 3.37. The molecule has 5 heteroatoms. The van der Waals surface area contributed by atoms with Crippen LogP contribution < -0.4 is 5.32 Å². The Morgan fingerprint density at radius 2 is 2.35 bits per heavy atom. The highest BCUT2D eigenvalue weighted by atomic mass is 16.2. The van der Waals surface area contributed by atoms with Crippen molar-refractivity contribution in [2.75, 3.05) is 6.54 Å². The summed E-state index contributed by atoms with van der Waals surface area (Å²) >= 11 is 0. The SMILES string of the molecule is CCC1C(=O)NCC(=O)N1Cc1cccnc1. The summed E-state index contributed by atoms with van der Waals surface area (Å²) in [6.07, 6.45) is 4.02. The van der Waals surface area contributed by atoms with Gasteiger partial charge in [0.2, 0.25) is 11.8 Å². The van der Waals surface area contributed by atoms with Gasteiger partial charge in [0.1, 0.15) is 6.04 Å². The van der Waals surface area contributed by atoms with E-state index < -0.39 is 0 Å². The predicted octanol–water partition coefficient (Wildman–Crippen LogP) is 0.319. The van der Waals surface area contributed by atoms with Crippen molar-refractivity contribution in [2.24, 2.45) is 0 Å². The van der Waals surface area contributed by atoms with Crippen molar-refractivity contribution in [3.05, 3.63) is 30.1 Å². The van der Waals surface area contributed by atoms with Gasteiger partial charge in [-0.25, -0.2) is 0 Å². The van der Waals surface area contributed by atoms with Gasteiger partial charge in [0.25, 0.3) is 0 Å². The zero-order chi connectivity index (χ0) is 12.3. The molecule has 2 heterocycles. The first-order valence-electron chi connectivity index (χ1n) is 5.68. The standard InChI is InChI=1S/C12H15N3O2/c1-2-10-12(17)14-7-11(16)15(10)8-9-4-3-5-13-6-9/h3-6,10H,2,7-8H2,1H3,(H,14,17). The molecule has 1 atom stereocenters. The molecule has 1 unspecified atom stereocenters. The highest BCUT2D eigenvalue weighted by Gasteiger charge is 2.32. The first-order valence-corrected chi connectivity index (χ1v) is 5.68. The average molecular weight is 233 g/mol. The zero-order valence-electron chi connectivity index (χ0n) is 9.72. The molecule has 1 aromatic heterocycles. The van der Waals surface area contributed by atoms with Crippen LogP contribution in [-0.2, 0) is 16.1 Å². The van der Waals surface area contributed by atoms with E-state index in [1.54, 1.807) is 17.3 Å². The summed E-state index contributed by atoms with van der Waals surface area (Å²) in [6, 6.07) is 3.36. The molecule has 1 aromatic rings. The Morgan fingerprint density at radius 1 is 1.53 bits per heavy atom. The molecular weight excluding hydrogens is 218 g/mol. The highest BCUT2D eigenvalue weighted by molar-refractivity contribution is 5.94. The van der Waals surface area contributed by atoms with Crippen LogP contribution in [0, 0.1) is 0 Å². The van der Waals surface area contributed by atoms with E-state index in [1.807, 2.05) is 19.1 Å². The third-order valence-electron chi connectivity index (χ3n) is 2.88. The summed E-state index contributed by atoms with van der Waals surface area (Å²) in [6.45, 7) is 2.44. The minimum absolute atomic E-state index is 0.0414. The Labute approximate surface area is 99.8 Å². The second kappa shape index (κ2) is 4.95. The van der Waals surface area contributed by atoms with E-state index in [2.05, 4.69) is 10.3 Å². The van der Waals surface area contributed by atoms with Gasteiger partial charge in [-0.3, -0.25) is 14.6 Å². The van der Waals surface area contributed by atoms with E-state index in [0.717, 1.165) is 5.56 Å². The molecule has 17 heavy (non-hydrogen) atoms. The molecule has 1 saturated heterocycles. The van der Waals surface area contributed by atoms with Crippen molar-refractivity contribution < 1.29 is 9.59 Å². The average Bonchev–Trinajstić information content (AvgIpc) is 2.35. The monoisotopic (exact) mass is 233 g/mol. The zero-order valence-corrected chi connectivity index (χ0v) is 9.72. The number of nitrogens with one attached hydrogen (secondary N) is 1. The van der Waals surface area contributed by atoms with Crippen LogP contribution in [0.15, 0.2) is 24.5 Å². The Bertz CT molecular complexity index is 419. The van der Waals surface area contributed by atoms with Gasteiger partial charge < -0.3 is 10.2 Å². The minimum atomic E-state index is -0.364. The van der Waals surface area contributed by atoms with Gasteiger partial charge in [-0.1, -0.05) is 13.0 Å². The Morgan fingerprint density at radius 3 is 3.00 bits per heavy atom. The van der Waals surface area contributed by atoms with Crippen molar-refractivity contribution in [1.29, 1.82) is 0 Å². The summed E-state index contributed by atoms with van der Waals surface area (Å²) < 4.78 is 0. The number of hydrogen-bond donors (Lipinski definition) is 1.